The molecule has 9 nitrogen and oxygen atoms in total. The summed E-state index contributed by atoms with van der Waals surface area (Å²) in [6, 6.07) is 14.8. The number of aryl methyl sites for hydroxylation is 1. The van der Waals surface area contributed by atoms with E-state index in [0.29, 0.717) is 11.1 Å². The van der Waals surface area contributed by atoms with Gasteiger partial charge in [-0.15, -0.1) is 0 Å². The molecule has 0 unspecified atom stereocenters. The van der Waals surface area contributed by atoms with Crippen LogP contribution in [-0.4, -0.2) is 26.5 Å². The van der Waals surface area contributed by atoms with E-state index in [0.717, 1.165) is 39.9 Å². The monoisotopic (exact) mass is 574 g/mol. The van der Waals surface area contributed by atoms with E-state index in [4.69, 9.17) is 27.5 Å². The number of halogens is 3. The fourth-order valence-electron chi connectivity index (χ4n) is 4.20. The predicted molar refractivity (Wildman–Crippen MR) is 153 cm³/mol. The molecule has 1 amide bonds. The maximum absolute atomic E-state index is 15.2. The molecule has 0 aliphatic carbocycles. The van der Waals surface area contributed by atoms with Gasteiger partial charge in [0.05, 0.1) is 17.4 Å². The highest BCUT2D eigenvalue weighted by atomic mass is 35.5. The highest BCUT2D eigenvalue weighted by molar-refractivity contribution is 6.30. The molecule has 206 valence electrons. The molecule has 4 N–H and O–H groups in total. The van der Waals surface area contributed by atoms with Crippen LogP contribution in [0.2, 0.25) is 5.15 Å². The Balaban J connectivity index is 1.42. The van der Waals surface area contributed by atoms with Crippen LogP contribution in [-0.2, 0) is 7.05 Å². The highest BCUT2D eigenvalue weighted by Crippen LogP contribution is 2.35. The van der Waals surface area contributed by atoms with Gasteiger partial charge in [-0.2, -0.15) is 5.10 Å². The highest BCUT2D eigenvalue weighted by Gasteiger charge is 2.18. The maximum Gasteiger partial charge on any atom is 0.269 e. The number of carbonyl (C=O) groups excluding carboxylic acids is 1. The van der Waals surface area contributed by atoms with E-state index in [9.17, 15) is 14.0 Å². The fourth-order valence-corrected chi connectivity index (χ4v) is 4.44. The van der Waals surface area contributed by atoms with Crippen LogP contribution in [0.5, 0.6) is 11.5 Å². The van der Waals surface area contributed by atoms with Gasteiger partial charge < -0.3 is 21.2 Å². The van der Waals surface area contributed by atoms with Gasteiger partial charge in [-0.1, -0.05) is 11.6 Å². The number of carbonyl (C=O) groups is 1. The number of allylic oxidation sites excluding steroid dienone is 1. The summed E-state index contributed by atoms with van der Waals surface area (Å²) in [7, 11) is 1.76. The zero-order valence-corrected chi connectivity index (χ0v) is 22.1. The number of nitrogens with zero attached hydrogens (tertiary/aromatic N) is 3. The summed E-state index contributed by atoms with van der Waals surface area (Å²) in [6.07, 6.45) is 3.92. The van der Waals surface area contributed by atoms with Crippen molar-refractivity contribution >= 4 is 45.9 Å². The molecule has 5 rings (SSSR count). The van der Waals surface area contributed by atoms with Crippen molar-refractivity contribution in [2.45, 2.75) is 0 Å². The number of anilines is 1. The topological polar surface area (TPSA) is 128 Å². The lowest BCUT2D eigenvalue weighted by Gasteiger charge is -2.14. The van der Waals surface area contributed by atoms with Gasteiger partial charge in [-0.3, -0.25) is 18.8 Å². The van der Waals surface area contributed by atoms with Crippen LogP contribution in [0, 0.1) is 17.0 Å². The number of ether oxygens (including phenoxy) is 1. The SMILES string of the molecule is Cn1ncc2cc(Oc3ccc(NC(=O)c4ccc(Cl)n(-c5ccc(F)cc5)c4=O)cc3F)c(/C(C=N)=C/N)cc21. The number of rotatable bonds is 7. The summed E-state index contributed by atoms with van der Waals surface area (Å²) in [5.74, 6) is -2.01. The molecule has 0 saturated carbocycles. The fraction of sp³-hybridized carbons (Fsp3) is 0.0345. The molecule has 0 atom stereocenters. The first-order valence-corrected chi connectivity index (χ1v) is 12.4. The Hall–Kier alpha value is -5.29. The summed E-state index contributed by atoms with van der Waals surface area (Å²) in [6.45, 7) is 0. The number of nitrogens with two attached hydrogens (primary N) is 1. The van der Waals surface area contributed by atoms with Crippen molar-refractivity contribution in [3.05, 3.63) is 117 Å². The Bertz CT molecular complexity index is 1920. The van der Waals surface area contributed by atoms with Crippen molar-refractivity contribution in [3.63, 3.8) is 0 Å². The minimum absolute atomic E-state index is 0.0187. The normalized spacial score (nSPS) is 11.5. The summed E-state index contributed by atoms with van der Waals surface area (Å²) in [5.41, 5.74) is 6.58. The average molecular weight is 575 g/mol. The average Bonchev–Trinajstić information content (AvgIpc) is 3.31. The number of amides is 1. The van der Waals surface area contributed by atoms with Crippen LogP contribution in [0.4, 0.5) is 14.5 Å². The van der Waals surface area contributed by atoms with E-state index in [1.54, 1.807) is 30.1 Å². The van der Waals surface area contributed by atoms with E-state index < -0.39 is 23.1 Å². The molecule has 41 heavy (non-hydrogen) atoms. The second-order valence-corrected chi connectivity index (χ2v) is 9.22. The molecule has 0 bridgehead atoms. The quantitative estimate of drug-likeness (QED) is 0.171. The van der Waals surface area contributed by atoms with E-state index in [-0.39, 0.29) is 33.6 Å². The van der Waals surface area contributed by atoms with Crippen LogP contribution >= 0.6 is 11.6 Å². The third kappa shape index (κ3) is 5.30. The standard InChI is InChI=1S/C29H21ClF2N6O3/c1-37-24-12-22(17(13-33)14-34)26(10-16(24)15-35-37)41-25-8-4-19(11-23(25)32)36-28(39)21-7-9-27(30)38(29(21)40)20-5-2-18(31)3-6-20/h2-15,33H,34H2,1H3,(H,36,39)/b17-14+,33-13?. The first-order chi connectivity index (χ1) is 19.7. The van der Waals surface area contributed by atoms with Crippen molar-refractivity contribution in [2.24, 2.45) is 12.8 Å². The second kappa shape index (κ2) is 11.1. The van der Waals surface area contributed by atoms with Gasteiger partial charge in [0.15, 0.2) is 11.6 Å². The van der Waals surface area contributed by atoms with Crippen LogP contribution in [0.25, 0.3) is 22.2 Å². The van der Waals surface area contributed by atoms with Crippen molar-refractivity contribution in [3.8, 4) is 17.2 Å². The minimum atomic E-state index is -0.802. The van der Waals surface area contributed by atoms with Crippen LogP contribution in [0.1, 0.15) is 15.9 Å². The van der Waals surface area contributed by atoms with E-state index >= 15 is 4.39 Å². The number of fused-ring (bicyclic) bond motifs is 1. The smallest absolute Gasteiger partial charge is 0.269 e. The number of pyridine rings is 1. The molecule has 2 heterocycles. The molecule has 0 fully saturated rings. The van der Waals surface area contributed by atoms with Crippen LogP contribution in [0.15, 0.2) is 83.9 Å². The van der Waals surface area contributed by atoms with Crippen molar-refractivity contribution in [1.29, 1.82) is 5.41 Å². The molecule has 0 aliphatic rings. The zero-order chi connectivity index (χ0) is 29.3. The number of benzene rings is 3. The van der Waals surface area contributed by atoms with Gasteiger partial charge in [0.2, 0.25) is 0 Å². The Morgan fingerprint density at radius 3 is 2.49 bits per heavy atom. The molecule has 0 radical (unpaired) electrons. The number of aromatic nitrogens is 3. The third-order valence-electron chi connectivity index (χ3n) is 6.27. The number of hydrogen-bond donors (Lipinski definition) is 3. The lowest BCUT2D eigenvalue weighted by Crippen LogP contribution is -2.28. The first kappa shape index (κ1) is 27.3. The van der Waals surface area contributed by atoms with Gasteiger partial charge in [0, 0.05) is 47.7 Å². The van der Waals surface area contributed by atoms with Gasteiger partial charge in [-0.25, -0.2) is 8.78 Å². The third-order valence-corrected chi connectivity index (χ3v) is 6.56. The summed E-state index contributed by atoms with van der Waals surface area (Å²) in [5, 5.41) is 15.1. The van der Waals surface area contributed by atoms with E-state index in [2.05, 4.69) is 10.4 Å². The largest absolute Gasteiger partial charge is 0.454 e. The van der Waals surface area contributed by atoms with Gasteiger partial charge in [0.25, 0.3) is 11.5 Å². The molecular formula is C29H21ClF2N6O3. The Morgan fingerprint density at radius 2 is 1.80 bits per heavy atom. The molecule has 0 aliphatic heterocycles. The minimum Gasteiger partial charge on any atom is -0.454 e. The van der Waals surface area contributed by atoms with Gasteiger partial charge in [0.1, 0.15) is 22.3 Å². The van der Waals surface area contributed by atoms with Crippen molar-refractivity contribution < 1.29 is 18.3 Å². The lowest BCUT2D eigenvalue weighted by atomic mass is 10.0. The lowest BCUT2D eigenvalue weighted by molar-refractivity contribution is 0.102. The van der Waals surface area contributed by atoms with E-state index in [1.807, 2.05) is 0 Å². The van der Waals surface area contributed by atoms with Crippen LogP contribution < -0.4 is 21.3 Å². The van der Waals surface area contributed by atoms with Crippen LogP contribution in [0.3, 0.4) is 0 Å². The number of nitrogens with one attached hydrogen (secondary N) is 2. The summed E-state index contributed by atoms with van der Waals surface area (Å²) in [4.78, 5) is 26.0. The molecule has 2 aromatic heterocycles. The second-order valence-electron chi connectivity index (χ2n) is 8.83. The Labute approximate surface area is 236 Å². The zero-order valence-electron chi connectivity index (χ0n) is 21.4. The molecule has 12 heteroatoms. The summed E-state index contributed by atoms with van der Waals surface area (Å²) >= 11 is 6.17. The Morgan fingerprint density at radius 1 is 1.05 bits per heavy atom. The molecule has 5 aromatic rings. The van der Waals surface area contributed by atoms with E-state index in [1.165, 1.54) is 42.6 Å². The number of hydrogen-bond acceptors (Lipinski definition) is 6. The maximum atomic E-state index is 15.2. The van der Waals surface area contributed by atoms with Crippen molar-refractivity contribution in [1.82, 2.24) is 14.3 Å². The van der Waals surface area contributed by atoms with Gasteiger partial charge in [-0.05, 0) is 60.7 Å². The molecule has 0 spiro atoms. The summed E-state index contributed by atoms with van der Waals surface area (Å²) < 4.78 is 37.1. The first-order valence-electron chi connectivity index (χ1n) is 12.0. The predicted octanol–water partition coefficient (Wildman–Crippen LogP) is 5.65. The van der Waals surface area contributed by atoms with Crippen molar-refractivity contribution in [2.75, 3.05) is 5.32 Å². The molecule has 0 saturated heterocycles. The Kier molecular flexibility index (Phi) is 7.36. The molecule has 3 aromatic carbocycles. The molecular weight excluding hydrogens is 554 g/mol. The van der Waals surface area contributed by atoms with Gasteiger partial charge >= 0.3 is 0 Å².